The Hall–Kier alpha value is -3.28. The summed E-state index contributed by atoms with van der Waals surface area (Å²) in [6.45, 7) is 12.5. The van der Waals surface area contributed by atoms with Gasteiger partial charge in [0.05, 0.1) is 11.2 Å². The minimum atomic E-state index is -0.586. The van der Waals surface area contributed by atoms with E-state index in [1.165, 1.54) is 0 Å². The highest BCUT2D eigenvalue weighted by Gasteiger charge is 2.26. The molecule has 0 saturated heterocycles. The van der Waals surface area contributed by atoms with E-state index in [0.717, 1.165) is 23.1 Å². The molecule has 2 aromatic rings. The molecule has 3 rings (SSSR count). The predicted octanol–water partition coefficient (Wildman–Crippen LogP) is 4.91. The molecule has 0 atom stereocenters. The van der Waals surface area contributed by atoms with Crippen molar-refractivity contribution in [1.29, 1.82) is 0 Å². The van der Waals surface area contributed by atoms with Gasteiger partial charge in [-0.25, -0.2) is 4.79 Å². The van der Waals surface area contributed by atoms with Crippen LogP contribution in [0, 0.1) is 0 Å². The monoisotopic (exact) mass is 407 g/mol. The highest BCUT2D eigenvalue weighted by Crippen LogP contribution is 2.34. The maximum atomic E-state index is 12.7. The number of carbonyl (C=O) groups excluding carboxylic acids is 2. The minimum Gasteiger partial charge on any atom is -0.482 e. The standard InChI is InChI=1S/C24H29N3O3/c1-6-12-27-20-14-19(10-11-21(20)30-15-22(27)28)25-23(29)26-24(4,5)18-9-7-8-17(13-18)16(2)3/h7-11,13-14H,2,6,12,15H2,1,3-5H3,(H2,25,26,29). The fourth-order valence-corrected chi connectivity index (χ4v) is 3.44. The van der Waals surface area contributed by atoms with Gasteiger partial charge in [0.25, 0.3) is 5.91 Å². The summed E-state index contributed by atoms with van der Waals surface area (Å²) in [5.74, 6) is 0.565. The Kier molecular flexibility index (Phi) is 6.15. The van der Waals surface area contributed by atoms with Gasteiger partial charge < -0.3 is 20.3 Å². The molecule has 1 aliphatic heterocycles. The van der Waals surface area contributed by atoms with E-state index in [1.54, 1.807) is 23.1 Å². The first-order valence-electron chi connectivity index (χ1n) is 10.1. The zero-order chi connectivity index (χ0) is 21.9. The minimum absolute atomic E-state index is 0.0394. The van der Waals surface area contributed by atoms with Crippen LogP contribution in [0.15, 0.2) is 49.0 Å². The molecule has 2 N–H and O–H groups in total. The summed E-state index contributed by atoms with van der Waals surface area (Å²) in [7, 11) is 0. The number of fused-ring (bicyclic) bond motifs is 1. The Balaban J connectivity index is 1.75. The molecule has 6 nitrogen and oxygen atoms in total. The molecule has 0 saturated carbocycles. The van der Waals surface area contributed by atoms with Gasteiger partial charge in [-0.1, -0.05) is 37.3 Å². The van der Waals surface area contributed by atoms with E-state index < -0.39 is 5.54 Å². The van der Waals surface area contributed by atoms with Gasteiger partial charge in [-0.15, -0.1) is 0 Å². The largest absolute Gasteiger partial charge is 0.482 e. The second-order valence-electron chi connectivity index (χ2n) is 8.08. The van der Waals surface area contributed by atoms with Gasteiger partial charge in [0, 0.05) is 12.2 Å². The maximum Gasteiger partial charge on any atom is 0.319 e. The Labute approximate surface area is 177 Å². The van der Waals surface area contributed by atoms with Crippen LogP contribution in [0.5, 0.6) is 5.75 Å². The van der Waals surface area contributed by atoms with Gasteiger partial charge in [0.1, 0.15) is 5.75 Å². The summed E-state index contributed by atoms with van der Waals surface area (Å²) < 4.78 is 5.51. The van der Waals surface area contributed by atoms with Crippen LogP contribution >= 0.6 is 0 Å². The zero-order valence-corrected chi connectivity index (χ0v) is 18.0. The number of anilines is 2. The van der Waals surface area contributed by atoms with E-state index in [9.17, 15) is 9.59 Å². The van der Waals surface area contributed by atoms with Gasteiger partial charge in [-0.3, -0.25) is 4.79 Å². The summed E-state index contributed by atoms with van der Waals surface area (Å²) >= 11 is 0. The molecule has 0 spiro atoms. The van der Waals surface area contributed by atoms with Crippen LogP contribution in [-0.4, -0.2) is 25.1 Å². The van der Waals surface area contributed by atoms with Gasteiger partial charge >= 0.3 is 6.03 Å². The first-order valence-corrected chi connectivity index (χ1v) is 10.1. The molecule has 0 radical (unpaired) electrons. The molecule has 0 bridgehead atoms. The summed E-state index contributed by atoms with van der Waals surface area (Å²) in [5.41, 5.74) is 3.68. The van der Waals surface area contributed by atoms with E-state index in [-0.39, 0.29) is 18.5 Å². The van der Waals surface area contributed by atoms with Crippen molar-refractivity contribution >= 4 is 28.9 Å². The van der Waals surface area contributed by atoms with Crippen molar-refractivity contribution in [3.63, 3.8) is 0 Å². The normalized spacial score (nSPS) is 13.3. The molecule has 0 aliphatic carbocycles. The first kappa shape index (κ1) is 21.4. The van der Waals surface area contributed by atoms with Crippen molar-refractivity contribution in [1.82, 2.24) is 5.32 Å². The summed E-state index contributed by atoms with van der Waals surface area (Å²) in [5, 5.41) is 5.89. The van der Waals surface area contributed by atoms with Crippen LogP contribution in [-0.2, 0) is 10.3 Å². The average Bonchev–Trinajstić information content (AvgIpc) is 2.70. The average molecular weight is 408 g/mol. The number of rotatable bonds is 6. The van der Waals surface area contributed by atoms with Gasteiger partial charge in [-0.2, -0.15) is 0 Å². The topological polar surface area (TPSA) is 70.7 Å². The van der Waals surface area contributed by atoms with E-state index in [2.05, 4.69) is 17.2 Å². The third-order valence-electron chi connectivity index (χ3n) is 5.11. The van der Waals surface area contributed by atoms with Crippen molar-refractivity contribution in [3.8, 4) is 5.75 Å². The molecule has 0 unspecified atom stereocenters. The smallest absolute Gasteiger partial charge is 0.319 e. The lowest BCUT2D eigenvalue weighted by molar-refractivity contribution is -0.121. The van der Waals surface area contributed by atoms with Crippen LogP contribution in [0.2, 0.25) is 0 Å². The van der Waals surface area contributed by atoms with Gasteiger partial charge in [-0.05, 0) is 62.6 Å². The Morgan fingerprint density at radius 1 is 1.23 bits per heavy atom. The fourth-order valence-electron chi connectivity index (χ4n) is 3.44. The molecule has 0 aromatic heterocycles. The number of amides is 3. The molecule has 0 fully saturated rings. The molecule has 6 heteroatoms. The number of ether oxygens (including phenoxy) is 1. The molecule has 158 valence electrons. The number of urea groups is 1. The first-order chi connectivity index (χ1) is 14.2. The van der Waals surface area contributed by atoms with Crippen molar-refractivity contribution < 1.29 is 14.3 Å². The molecule has 1 heterocycles. The van der Waals surface area contributed by atoms with Crippen molar-refractivity contribution in [3.05, 3.63) is 60.2 Å². The lowest BCUT2D eigenvalue weighted by Gasteiger charge is -2.30. The predicted molar refractivity (Wildman–Crippen MR) is 121 cm³/mol. The number of allylic oxidation sites excluding steroid dienone is 1. The SMILES string of the molecule is C=C(C)c1cccc(C(C)(C)NC(=O)Nc2ccc3c(c2)N(CCC)C(=O)CO3)c1. The van der Waals surface area contributed by atoms with Gasteiger partial charge in [0.15, 0.2) is 6.61 Å². The lowest BCUT2D eigenvalue weighted by Crippen LogP contribution is -2.43. The zero-order valence-electron chi connectivity index (χ0n) is 18.0. The van der Waals surface area contributed by atoms with Crippen molar-refractivity contribution in [2.75, 3.05) is 23.4 Å². The molecule has 1 aliphatic rings. The number of benzene rings is 2. The molecule has 3 amide bonds. The molecular formula is C24H29N3O3. The quantitative estimate of drug-likeness (QED) is 0.715. The molecule has 2 aromatic carbocycles. The molecular weight excluding hydrogens is 378 g/mol. The van der Waals surface area contributed by atoms with Crippen molar-refractivity contribution in [2.24, 2.45) is 0 Å². The van der Waals surface area contributed by atoms with Gasteiger partial charge in [0.2, 0.25) is 0 Å². The summed E-state index contributed by atoms with van der Waals surface area (Å²) in [6, 6.07) is 13.0. The highest BCUT2D eigenvalue weighted by molar-refractivity contribution is 5.99. The lowest BCUT2D eigenvalue weighted by atomic mass is 9.92. The fraction of sp³-hybridized carbons (Fsp3) is 0.333. The maximum absolute atomic E-state index is 12.7. The third-order valence-corrected chi connectivity index (χ3v) is 5.11. The Morgan fingerprint density at radius 2 is 2.00 bits per heavy atom. The van der Waals surface area contributed by atoms with Crippen LogP contribution in [0.25, 0.3) is 5.57 Å². The Bertz CT molecular complexity index is 981. The number of nitrogens with one attached hydrogen (secondary N) is 2. The number of hydrogen-bond acceptors (Lipinski definition) is 3. The highest BCUT2D eigenvalue weighted by atomic mass is 16.5. The van der Waals surface area contributed by atoms with Crippen LogP contribution in [0.4, 0.5) is 16.2 Å². The van der Waals surface area contributed by atoms with Crippen molar-refractivity contribution in [2.45, 2.75) is 39.7 Å². The van der Waals surface area contributed by atoms with E-state index in [4.69, 9.17) is 4.74 Å². The van der Waals surface area contributed by atoms with E-state index in [0.29, 0.717) is 23.7 Å². The summed E-state index contributed by atoms with van der Waals surface area (Å²) in [4.78, 5) is 26.6. The second kappa shape index (κ2) is 8.61. The number of nitrogens with zero attached hydrogens (tertiary/aromatic N) is 1. The second-order valence-corrected chi connectivity index (χ2v) is 8.08. The van der Waals surface area contributed by atoms with E-state index in [1.807, 2.05) is 52.0 Å². The van der Waals surface area contributed by atoms with Crippen LogP contribution < -0.4 is 20.3 Å². The van der Waals surface area contributed by atoms with E-state index >= 15 is 0 Å². The number of carbonyl (C=O) groups is 2. The van der Waals surface area contributed by atoms with Crippen LogP contribution in [0.1, 0.15) is 45.2 Å². The Morgan fingerprint density at radius 3 is 2.70 bits per heavy atom. The van der Waals surface area contributed by atoms with Crippen LogP contribution in [0.3, 0.4) is 0 Å². The summed E-state index contributed by atoms with van der Waals surface area (Å²) in [6.07, 6.45) is 0.834. The molecule has 30 heavy (non-hydrogen) atoms. The number of hydrogen-bond donors (Lipinski definition) is 2. The third kappa shape index (κ3) is 4.64.